The topological polar surface area (TPSA) is 41.6 Å². The summed E-state index contributed by atoms with van der Waals surface area (Å²) in [5.74, 6) is 0. The van der Waals surface area contributed by atoms with Crippen LogP contribution in [-0.2, 0) is 0 Å². The molecule has 0 saturated heterocycles. The highest BCUT2D eigenvalue weighted by Gasteiger charge is 2.19. The fourth-order valence-electron chi connectivity index (χ4n) is 5.78. The quantitative estimate of drug-likeness (QED) is 0.236. The lowest BCUT2D eigenvalue weighted by atomic mass is 9.93. The van der Waals surface area contributed by atoms with Gasteiger partial charge in [0.05, 0.1) is 28.4 Å². The molecule has 3 nitrogen and oxygen atoms in total. The lowest BCUT2D eigenvalue weighted by Gasteiger charge is -2.18. The van der Waals surface area contributed by atoms with Gasteiger partial charge in [-0.15, -0.1) is 0 Å². The number of pyridine rings is 1. The standard InChI is InChI=1S/C37H25N3/c1-25-9-5-6-12-30(25)28-15-16-32-31-13-7-8-14-35(31)40(36(32)21-28)37-22-29(24-38)33(27-17-19-39-20-18-27)23-34(37)26-10-3-2-4-11-26/h2-23H,1H3. The van der Waals surface area contributed by atoms with Crippen molar-refractivity contribution in [3.63, 3.8) is 0 Å². The molecule has 0 unspecified atom stereocenters. The Kier molecular flexibility index (Phi) is 5.73. The molecule has 0 atom stereocenters. The van der Waals surface area contributed by atoms with E-state index in [9.17, 15) is 5.26 Å². The molecule has 3 heteroatoms. The van der Waals surface area contributed by atoms with Crippen molar-refractivity contribution >= 4 is 21.8 Å². The number of aromatic nitrogens is 2. The molecule has 7 aromatic rings. The average Bonchev–Trinajstić information content (AvgIpc) is 3.35. The number of fused-ring (bicyclic) bond motifs is 3. The van der Waals surface area contributed by atoms with Crippen molar-refractivity contribution in [1.29, 1.82) is 5.26 Å². The molecule has 2 aromatic heterocycles. The third-order valence-corrected chi connectivity index (χ3v) is 7.70. The summed E-state index contributed by atoms with van der Waals surface area (Å²) in [6, 6.07) is 44.8. The Morgan fingerprint density at radius 3 is 2.08 bits per heavy atom. The van der Waals surface area contributed by atoms with E-state index in [0.29, 0.717) is 5.56 Å². The lowest BCUT2D eigenvalue weighted by Crippen LogP contribution is -2.00. The van der Waals surface area contributed by atoms with E-state index in [-0.39, 0.29) is 0 Å². The minimum absolute atomic E-state index is 0.627. The molecule has 0 fully saturated rings. The summed E-state index contributed by atoms with van der Waals surface area (Å²) >= 11 is 0. The van der Waals surface area contributed by atoms with Crippen LogP contribution in [0.5, 0.6) is 0 Å². The molecule has 0 aliphatic carbocycles. The maximum Gasteiger partial charge on any atom is 0.0998 e. The van der Waals surface area contributed by atoms with Crippen molar-refractivity contribution in [3.05, 3.63) is 145 Å². The Morgan fingerprint density at radius 1 is 0.575 bits per heavy atom. The van der Waals surface area contributed by atoms with Crippen LogP contribution in [0.25, 0.3) is 60.9 Å². The minimum Gasteiger partial charge on any atom is -0.309 e. The normalized spacial score (nSPS) is 11.1. The second kappa shape index (κ2) is 9.69. The fraction of sp³-hybridized carbons (Fsp3) is 0.0270. The van der Waals surface area contributed by atoms with Gasteiger partial charge in [0, 0.05) is 34.3 Å². The third kappa shape index (κ3) is 3.86. The Labute approximate surface area is 233 Å². The summed E-state index contributed by atoms with van der Waals surface area (Å²) in [7, 11) is 0. The fourth-order valence-corrected chi connectivity index (χ4v) is 5.78. The summed E-state index contributed by atoms with van der Waals surface area (Å²) in [6.45, 7) is 2.15. The Balaban J connectivity index is 1.60. The number of hydrogen-bond donors (Lipinski definition) is 0. The van der Waals surface area contributed by atoms with Crippen LogP contribution in [0.3, 0.4) is 0 Å². The lowest BCUT2D eigenvalue weighted by molar-refractivity contribution is 1.18. The van der Waals surface area contributed by atoms with Crippen LogP contribution >= 0.6 is 0 Å². The molecule has 0 bridgehead atoms. The van der Waals surface area contributed by atoms with Gasteiger partial charge in [-0.25, -0.2) is 0 Å². The van der Waals surface area contributed by atoms with E-state index in [1.54, 1.807) is 12.4 Å². The highest BCUT2D eigenvalue weighted by Crippen LogP contribution is 2.40. The molecule has 0 aliphatic heterocycles. The van der Waals surface area contributed by atoms with Crippen molar-refractivity contribution in [1.82, 2.24) is 9.55 Å². The van der Waals surface area contributed by atoms with Crippen LogP contribution in [0, 0.1) is 18.3 Å². The van der Waals surface area contributed by atoms with E-state index in [4.69, 9.17) is 0 Å². The van der Waals surface area contributed by atoms with Crippen LogP contribution in [0.4, 0.5) is 0 Å². The molecule has 0 aliphatic rings. The van der Waals surface area contributed by atoms with Gasteiger partial charge in [0.2, 0.25) is 0 Å². The van der Waals surface area contributed by atoms with Crippen molar-refractivity contribution < 1.29 is 0 Å². The molecule has 5 aromatic carbocycles. The van der Waals surface area contributed by atoms with E-state index in [2.05, 4.69) is 120 Å². The number of nitrogens with zero attached hydrogens (tertiary/aromatic N) is 3. The molecule has 2 heterocycles. The second-order valence-electron chi connectivity index (χ2n) is 10.0. The van der Waals surface area contributed by atoms with E-state index in [1.807, 2.05) is 24.3 Å². The number of aryl methyl sites for hydroxylation is 1. The van der Waals surface area contributed by atoms with Crippen LogP contribution < -0.4 is 0 Å². The first-order valence-electron chi connectivity index (χ1n) is 13.4. The number of hydrogen-bond acceptors (Lipinski definition) is 2. The maximum absolute atomic E-state index is 10.3. The van der Waals surface area contributed by atoms with E-state index in [1.165, 1.54) is 27.5 Å². The summed E-state index contributed by atoms with van der Waals surface area (Å²) in [5, 5.41) is 12.7. The highest BCUT2D eigenvalue weighted by molar-refractivity contribution is 6.11. The van der Waals surface area contributed by atoms with Gasteiger partial charge in [-0.05, 0) is 71.1 Å². The van der Waals surface area contributed by atoms with Gasteiger partial charge in [0.25, 0.3) is 0 Å². The molecule has 7 rings (SSSR count). The highest BCUT2D eigenvalue weighted by atomic mass is 15.0. The molecule has 0 saturated carbocycles. The Morgan fingerprint density at radius 2 is 1.27 bits per heavy atom. The van der Waals surface area contributed by atoms with Crippen LogP contribution in [-0.4, -0.2) is 9.55 Å². The zero-order chi connectivity index (χ0) is 27.1. The number of para-hydroxylation sites is 1. The third-order valence-electron chi connectivity index (χ3n) is 7.70. The smallest absolute Gasteiger partial charge is 0.0998 e. The van der Waals surface area contributed by atoms with E-state index in [0.717, 1.165) is 39.0 Å². The minimum atomic E-state index is 0.627. The molecule has 188 valence electrons. The predicted octanol–water partition coefficient (Wildman–Crippen LogP) is 9.36. The maximum atomic E-state index is 10.3. The zero-order valence-corrected chi connectivity index (χ0v) is 22.0. The molecular formula is C37H25N3. The molecular weight excluding hydrogens is 486 g/mol. The Bertz CT molecular complexity index is 2060. The summed E-state index contributed by atoms with van der Waals surface area (Å²) < 4.78 is 2.33. The van der Waals surface area contributed by atoms with E-state index >= 15 is 0 Å². The van der Waals surface area contributed by atoms with Gasteiger partial charge in [-0.1, -0.05) is 84.9 Å². The van der Waals surface area contributed by atoms with E-state index < -0.39 is 0 Å². The van der Waals surface area contributed by atoms with Gasteiger partial charge in [0.15, 0.2) is 0 Å². The second-order valence-corrected chi connectivity index (χ2v) is 10.0. The molecule has 0 amide bonds. The summed E-state index contributed by atoms with van der Waals surface area (Å²) in [5.41, 5.74) is 11.5. The van der Waals surface area contributed by atoms with Crippen LogP contribution in [0.1, 0.15) is 11.1 Å². The van der Waals surface area contributed by atoms with Crippen LogP contribution in [0.2, 0.25) is 0 Å². The van der Waals surface area contributed by atoms with Crippen molar-refractivity contribution in [2.24, 2.45) is 0 Å². The molecule has 0 radical (unpaired) electrons. The number of nitriles is 1. The number of benzene rings is 5. The first-order valence-corrected chi connectivity index (χ1v) is 13.4. The zero-order valence-electron chi connectivity index (χ0n) is 22.0. The van der Waals surface area contributed by atoms with Gasteiger partial charge in [-0.2, -0.15) is 5.26 Å². The molecule has 0 spiro atoms. The monoisotopic (exact) mass is 511 g/mol. The Hall–Kier alpha value is -5.46. The summed E-state index contributed by atoms with van der Waals surface area (Å²) in [6.07, 6.45) is 3.54. The predicted molar refractivity (Wildman–Crippen MR) is 164 cm³/mol. The van der Waals surface area contributed by atoms with Gasteiger partial charge in [-0.3, -0.25) is 4.98 Å². The van der Waals surface area contributed by atoms with Crippen molar-refractivity contribution in [2.75, 3.05) is 0 Å². The molecule has 40 heavy (non-hydrogen) atoms. The SMILES string of the molecule is Cc1ccccc1-c1ccc2c3ccccc3n(-c3cc(C#N)c(-c4ccncc4)cc3-c3ccccc3)c2c1. The summed E-state index contributed by atoms with van der Waals surface area (Å²) in [4.78, 5) is 4.19. The van der Waals surface area contributed by atoms with Crippen molar-refractivity contribution in [3.8, 4) is 45.1 Å². The van der Waals surface area contributed by atoms with Crippen LogP contribution in [0.15, 0.2) is 134 Å². The molecule has 0 N–H and O–H groups in total. The number of rotatable bonds is 4. The average molecular weight is 512 g/mol. The first-order chi connectivity index (χ1) is 19.7. The largest absolute Gasteiger partial charge is 0.309 e. The van der Waals surface area contributed by atoms with Gasteiger partial charge >= 0.3 is 0 Å². The first kappa shape index (κ1) is 23.6. The van der Waals surface area contributed by atoms with Gasteiger partial charge in [0.1, 0.15) is 0 Å². The van der Waals surface area contributed by atoms with Gasteiger partial charge < -0.3 is 4.57 Å². The van der Waals surface area contributed by atoms with Crippen molar-refractivity contribution in [2.45, 2.75) is 6.92 Å².